The zero-order chi connectivity index (χ0) is 17.9. The molecule has 0 aliphatic rings. The van der Waals surface area contributed by atoms with Crippen molar-refractivity contribution < 1.29 is 14.4 Å². The molecule has 132 valence electrons. The molecule has 0 saturated carbocycles. The molecule has 1 aromatic rings. The van der Waals surface area contributed by atoms with Gasteiger partial charge in [0.05, 0.1) is 19.3 Å². The van der Waals surface area contributed by atoms with E-state index in [1.54, 1.807) is 17.8 Å². The first kappa shape index (κ1) is 19.5. The van der Waals surface area contributed by atoms with Gasteiger partial charge in [0.15, 0.2) is 5.78 Å². The van der Waals surface area contributed by atoms with Gasteiger partial charge in [-0.1, -0.05) is 26.0 Å². The normalized spacial score (nSPS) is 11.0. The molecule has 0 atom stereocenters. The largest absolute Gasteiger partial charge is 0.356 e. The Morgan fingerprint density at radius 2 is 2.00 bits per heavy atom. The van der Waals surface area contributed by atoms with Crippen molar-refractivity contribution in [2.45, 2.75) is 46.7 Å². The number of rotatable bonds is 10. The summed E-state index contributed by atoms with van der Waals surface area (Å²) in [5.41, 5.74) is 0.584. The molecular formula is C16H25N5O3. The Hall–Kier alpha value is -2.51. The number of nitrogens with one attached hydrogen (secondary N) is 2. The Morgan fingerprint density at radius 3 is 2.67 bits per heavy atom. The van der Waals surface area contributed by atoms with Gasteiger partial charge in [0, 0.05) is 25.5 Å². The Labute approximate surface area is 141 Å². The molecule has 0 spiro atoms. The number of hydrogen-bond acceptors (Lipinski definition) is 5. The smallest absolute Gasteiger partial charge is 0.244 e. The van der Waals surface area contributed by atoms with Crippen LogP contribution in [-0.4, -0.2) is 39.1 Å². The third-order valence-corrected chi connectivity index (χ3v) is 3.07. The minimum absolute atomic E-state index is 0.0280. The fraction of sp³-hybridized carbons (Fsp3) is 0.562. The molecule has 0 fully saturated rings. The van der Waals surface area contributed by atoms with Crippen LogP contribution in [0.25, 0.3) is 0 Å². The molecule has 0 radical (unpaired) electrons. The average Bonchev–Trinajstić information content (AvgIpc) is 3.01. The highest BCUT2D eigenvalue weighted by Crippen LogP contribution is 1.96. The van der Waals surface area contributed by atoms with Gasteiger partial charge in [-0.2, -0.15) is 0 Å². The van der Waals surface area contributed by atoms with Crippen LogP contribution in [0.5, 0.6) is 0 Å². The lowest BCUT2D eigenvalue weighted by molar-refractivity contribution is -0.121. The summed E-state index contributed by atoms with van der Waals surface area (Å²) in [5.74, 6) is -0.0803. The minimum Gasteiger partial charge on any atom is -0.356 e. The van der Waals surface area contributed by atoms with E-state index in [0.717, 1.165) is 0 Å². The number of aromatic nitrogens is 3. The number of amides is 2. The molecule has 2 amide bonds. The van der Waals surface area contributed by atoms with Crippen molar-refractivity contribution in [2.75, 3.05) is 6.54 Å². The van der Waals surface area contributed by atoms with E-state index in [2.05, 4.69) is 20.9 Å². The van der Waals surface area contributed by atoms with Crippen LogP contribution in [0.2, 0.25) is 0 Å². The molecule has 24 heavy (non-hydrogen) atoms. The van der Waals surface area contributed by atoms with E-state index < -0.39 is 0 Å². The molecule has 0 saturated heterocycles. The van der Waals surface area contributed by atoms with Crippen molar-refractivity contribution in [3.05, 3.63) is 24.0 Å². The first-order valence-electron chi connectivity index (χ1n) is 8.05. The number of carbonyl (C=O) groups excluding carboxylic acids is 3. The number of carbonyl (C=O) groups is 3. The Morgan fingerprint density at radius 1 is 1.25 bits per heavy atom. The van der Waals surface area contributed by atoms with Gasteiger partial charge in [0.25, 0.3) is 0 Å². The number of allylic oxidation sites excluding steroid dienone is 1. The Bertz CT molecular complexity index is 592. The number of aryl methyl sites for hydroxylation is 1. The molecule has 0 bridgehead atoms. The second-order valence-electron chi connectivity index (χ2n) is 5.79. The highest BCUT2D eigenvalue weighted by molar-refractivity contribution is 5.97. The van der Waals surface area contributed by atoms with Gasteiger partial charge in [0.1, 0.15) is 5.69 Å². The van der Waals surface area contributed by atoms with Gasteiger partial charge in [-0.15, -0.1) is 5.10 Å². The maximum Gasteiger partial charge on any atom is 0.244 e. The van der Waals surface area contributed by atoms with Crippen LogP contribution in [0.4, 0.5) is 0 Å². The molecule has 0 aromatic carbocycles. The van der Waals surface area contributed by atoms with Gasteiger partial charge in [0.2, 0.25) is 11.8 Å². The first-order valence-corrected chi connectivity index (χ1v) is 8.05. The highest BCUT2D eigenvalue weighted by Gasteiger charge is 2.06. The molecule has 8 nitrogen and oxygen atoms in total. The summed E-state index contributed by atoms with van der Waals surface area (Å²) >= 11 is 0. The third-order valence-electron chi connectivity index (χ3n) is 3.07. The van der Waals surface area contributed by atoms with E-state index in [-0.39, 0.29) is 24.1 Å². The monoisotopic (exact) mass is 335 g/mol. The number of nitrogens with zero attached hydrogens (tertiary/aromatic N) is 3. The van der Waals surface area contributed by atoms with Crippen molar-refractivity contribution in [3.8, 4) is 0 Å². The summed E-state index contributed by atoms with van der Waals surface area (Å²) in [6.07, 6.45) is 4.82. The van der Waals surface area contributed by atoms with E-state index in [4.69, 9.17) is 0 Å². The summed E-state index contributed by atoms with van der Waals surface area (Å²) in [6.45, 7) is 7.09. The predicted octanol–water partition coefficient (Wildman–Crippen LogP) is 0.592. The van der Waals surface area contributed by atoms with Crippen molar-refractivity contribution >= 4 is 17.6 Å². The second-order valence-corrected chi connectivity index (χ2v) is 5.79. The lowest BCUT2D eigenvalue weighted by Crippen LogP contribution is -2.28. The summed E-state index contributed by atoms with van der Waals surface area (Å²) in [7, 11) is 0. The summed E-state index contributed by atoms with van der Waals surface area (Å²) in [6, 6.07) is 0. The van der Waals surface area contributed by atoms with Crippen LogP contribution < -0.4 is 10.6 Å². The first-order chi connectivity index (χ1) is 11.4. The fourth-order valence-electron chi connectivity index (χ4n) is 1.67. The van der Waals surface area contributed by atoms with Gasteiger partial charge in [-0.3, -0.25) is 19.1 Å². The van der Waals surface area contributed by atoms with Crippen molar-refractivity contribution in [2.24, 2.45) is 5.92 Å². The van der Waals surface area contributed by atoms with E-state index in [1.165, 1.54) is 12.2 Å². The van der Waals surface area contributed by atoms with Crippen LogP contribution in [0.15, 0.2) is 18.3 Å². The molecule has 1 aromatic heterocycles. The van der Waals surface area contributed by atoms with E-state index in [9.17, 15) is 14.4 Å². The molecule has 2 N–H and O–H groups in total. The third kappa shape index (κ3) is 8.21. The topological polar surface area (TPSA) is 106 Å². The molecular weight excluding hydrogens is 310 g/mol. The van der Waals surface area contributed by atoms with Crippen LogP contribution in [-0.2, 0) is 27.5 Å². The average molecular weight is 335 g/mol. The molecule has 1 heterocycles. The van der Waals surface area contributed by atoms with Gasteiger partial charge in [-0.25, -0.2) is 0 Å². The lowest BCUT2D eigenvalue weighted by atomic mass is 10.2. The lowest BCUT2D eigenvalue weighted by Gasteiger charge is -2.07. The Balaban J connectivity index is 2.33. The van der Waals surface area contributed by atoms with Crippen LogP contribution >= 0.6 is 0 Å². The molecule has 0 aliphatic heterocycles. The molecule has 1 rings (SSSR count). The molecule has 0 aliphatic carbocycles. The summed E-state index contributed by atoms with van der Waals surface area (Å²) in [5, 5.41) is 13.3. The van der Waals surface area contributed by atoms with Crippen molar-refractivity contribution in [3.63, 3.8) is 0 Å². The van der Waals surface area contributed by atoms with E-state index >= 15 is 0 Å². The predicted molar refractivity (Wildman–Crippen MR) is 88.8 cm³/mol. The maximum absolute atomic E-state index is 11.6. The van der Waals surface area contributed by atoms with E-state index in [1.807, 2.05) is 13.8 Å². The summed E-state index contributed by atoms with van der Waals surface area (Å²) in [4.78, 5) is 34.2. The quantitative estimate of drug-likeness (QED) is 0.609. The SMILES string of the molecule is CCC(=O)/C=C/C(=O)NCc1cn(CCC(=O)NCC(C)C)nn1. The zero-order valence-electron chi connectivity index (χ0n) is 14.4. The van der Waals surface area contributed by atoms with Gasteiger partial charge < -0.3 is 10.6 Å². The van der Waals surface area contributed by atoms with E-state index in [0.29, 0.717) is 37.5 Å². The Kier molecular flexibility index (Phi) is 8.38. The summed E-state index contributed by atoms with van der Waals surface area (Å²) < 4.78 is 1.56. The van der Waals surface area contributed by atoms with Gasteiger partial charge >= 0.3 is 0 Å². The van der Waals surface area contributed by atoms with Crippen molar-refractivity contribution in [1.29, 1.82) is 0 Å². The molecule has 0 unspecified atom stereocenters. The number of hydrogen-bond donors (Lipinski definition) is 2. The van der Waals surface area contributed by atoms with Crippen LogP contribution in [0.1, 0.15) is 39.3 Å². The maximum atomic E-state index is 11.6. The van der Waals surface area contributed by atoms with Gasteiger partial charge in [-0.05, 0) is 12.0 Å². The minimum atomic E-state index is -0.362. The molecule has 8 heteroatoms. The van der Waals surface area contributed by atoms with Crippen LogP contribution in [0.3, 0.4) is 0 Å². The highest BCUT2D eigenvalue weighted by atomic mass is 16.2. The fourth-order valence-corrected chi connectivity index (χ4v) is 1.67. The standard InChI is InChI=1S/C16H25N5O3/c1-4-14(22)5-6-15(23)18-10-13-11-21(20-19-13)8-7-16(24)17-9-12(2)3/h5-6,11-12H,4,7-10H2,1-3H3,(H,17,24)(H,18,23)/b6-5+. The second kappa shape index (κ2) is 10.3. The zero-order valence-corrected chi connectivity index (χ0v) is 14.4. The van der Waals surface area contributed by atoms with Crippen LogP contribution in [0, 0.1) is 5.92 Å². The van der Waals surface area contributed by atoms with Crippen molar-refractivity contribution in [1.82, 2.24) is 25.6 Å². The number of ketones is 1.